The Hall–Kier alpha value is -0.640. The Kier molecular flexibility index (Phi) is 12.7. The predicted octanol–water partition coefficient (Wildman–Crippen LogP) is 3.21. The summed E-state index contributed by atoms with van der Waals surface area (Å²) in [6.07, 6.45) is 2.21. The monoisotopic (exact) mass is 630 g/mol. The highest BCUT2D eigenvalue weighted by molar-refractivity contribution is 9.07. The summed E-state index contributed by atoms with van der Waals surface area (Å²) in [6.45, 7) is 13.2. The van der Waals surface area contributed by atoms with Crippen LogP contribution in [0.5, 0.6) is 0 Å². The molecular formula is C24H43BrN2O8S2. The van der Waals surface area contributed by atoms with Crippen molar-refractivity contribution < 1.29 is 39.9 Å². The third kappa shape index (κ3) is 12.4. The molecule has 37 heavy (non-hydrogen) atoms. The maximum Gasteiger partial charge on any atom is 0.267 e. The molecule has 0 bridgehead atoms. The molecule has 1 N–H and O–H groups in total. The van der Waals surface area contributed by atoms with Crippen molar-refractivity contribution in [2.45, 2.75) is 69.5 Å². The topological polar surface area (TPSA) is 133 Å². The highest BCUT2D eigenvalue weighted by Gasteiger charge is 2.49. The lowest BCUT2D eigenvalue weighted by molar-refractivity contribution is -0.918. The van der Waals surface area contributed by atoms with E-state index in [1.807, 2.05) is 6.92 Å². The number of benzene rings is 1. The first-order valence-corrected chi connectivity index (χ1v) is 15.8. The van der Waals surface area contributed by atoms with Gasteiger partial charge >= 0.3 is 0 Å². The fourth-order valence-electron chi connectivity index (χ4n) is 4.37. The van der Waals surface area contributed by atoms with Gasteiger partial charge in [-0.2, -0.15) is 8.42 Å². The Morgan fingerprint density at radius 3 is 1.86 bits per heavy atom. The highest BCUT2D eigenvalue weighted by atomic mass is 79.9. The van der Waals surface area contributed by atoms with Crippen molar-refractivity contribution in [2.75, 3.05) is 52.8 Å². The van der Waals surface area contributed by atoms with Gasteiger partial charge in [0.05, 0.1) is 57.2 Å². The fraction of sp³-hybridized carbons (Fsp3) is 0.750. The second kappa shape index (κ2) is 13.6. The first-order valence-electron chi connectivity index (χ1n) is 12.1. The Bertz CT molecular complexity index is 1040. The van der Waals surface area contributed by atoms with Gasteiger partial charge in [-0.25, -0.2) is 12.3 Å². The minimum atomic E-state index is -4.27. The van der Waals surface area contributed by atoms with Crippen LogP contribution in [-0.4, -0.2) is 104 Å². The van der Waals surface area contributed by atoms with Crippen LogP contribution in [0.3, 0.4) is 0 Å². The van der Waals surface area contributed by atoms with E-state index in [1.54, 1.807) is 12.1 Å². The van der Waals surface area contributed by atoms with Crippen LogP contribution in [0.4, 0.5) is 0 Å². The van der Waals surface area contributed by atoms with Crippen molar-refractivity contribution >= 4 is 36.4 Å². The summed E-state index contributed by atoms with van der Waals surface area (Å²) in [5.41, 5.74) is 1.10. The maximum atomic E-state index is 10.6. The SMILES string of the molecule is CC1(C)CC([N+](C)(C)CCOCCOCCS(=O)(=O)O)CC(C)(C)N1Br.Cc1ccc(S(=O)(=O)[O-])cc1. The van der Waals surface area contributed by atoms with Gasteiger partial charge in [0, 0.05) is 40.1 Å². The van der Waals surface area contributed by atoms with Gasteiger partial charge in [0.1, 0.15) is 16.7 Å². The number of ether oxygens (including phenoxy) is 2. The predicted molar refractivity (Wildman–Crippen MR) is 146 cm³/mol. The lowest BCUT2D eigenvalue weighted by Crippen LogP contribution is -2.64. The molecular weight excluding hydrogens is 588 g/mol. The second-order valence-corrected chi connectivity index (χ2v) is 14.9. The second-order valence-electron chi connectivity index (χ2n) is 11.2. The van der Waals surface area contributed by atoms with Crippen LogP contribution < -0.4 is 0 Å². The highest BCUT2D eigenvalue weighted by Crippen LogP contribution is 2.43. The van der Waals surface area contributed by atoms with Crippen LogP contribution in [-0.2, 0) is 29.7 Å². The Morgan fingerprint density at radius 1 is 0.973 bits per heavy atom. The first kappa shape index (κ1) is 34.4. The molecule has 0 atom stereocenters. The molecule has 1 heterocycles. The van der Waals surface area contributed by atoms with Gasteiger partial charge in [-0.1, -0.05) is 17.7 Å². The van der Waals surface area contributed by atoms with E-state index in [1.165, 1.54) is 12.1 Å². The van der Waals surface area contributed by atoms with E-state index in [0.29, 0.717) is 25.9 Å². The number of hydrogen-bond donors (Lipinski definition) is 1. The average molecular weight is 632 g/mol. The molecule has 10 nitrogen and oxygen atoms in total. The molecule has 0 saturated carbocycles. The van der Waals surface area contributed by atoms with Crippen LogP contribution in [0.2, 0.25) is 0 Å². The molecule has 216 valence electrons. The number of piperidine rings is 1. The minimum absolute atomic E-state index is 0.0148. The largest absolute Gasteiger partial charge is 0.744 e. The lowest BCUT2D eigenvalue weighted by atomic mass is 9.78. The molecule has 13 heteroatoms. The third-order valence-corrected chi connectivity index (χ3v) is 9.95. The van der Waals surface area contributed by atoms with E-state index in [0.717, 1.165) is 29.4 Å². The maximum absolute atomic E-state index is 10.6. The van der Waals surface area contributed by atoms with Crippen molar-refractivity contribution in [3.8, 4) is 0 Å². The van der Waals surface area contributed by atoms with Crippen LogP contribution in [0.1, 0.15) is 46.1 Å². The number of quaternary nitrogens is 1. The molecule has 0 spiro atoms. The molecule has 1 saturated heterocycles. The number of aryl methyl sites for hydroxylation is 1. The summed E-state index contributed by atoms with van der Waals surface area (Å²) >= 11 is 3.77. The van der Waals surface area contributed by atoms with E-state index in [2.05, 4.69) is 61.9 Å². The van der Waals surface area contributed by atoms with Crippen molar-refractivity contribution in [2.24, 2.45) is 0 Å². The van der Waals surface area contributed by atoms with Gasteiger partial charge < -0.3 is 18.5 Å². The zero-order chi connectivity index (χ0) is 28.7. The smallest absolute Gasteiger partial charge is 0.267 e. The van der Waals surface area contributed by atoms with Crippen LogP contribution in [0, 0.1) is 6.92 Å². The normalized spacial score (nSPS) is 18.8. The van der Waals surface area contributed by atoms with Crippen LogP contribution in [0.15, 0.2) is 29.2 Å². The Labute approximate surface area is 231 Å². The van der Waals surface area contributed by atoms with E-state index in [4.69, 9.17) is 14.0 Å². The summed E-state index contributed by atoms with van der Waals surface area (Å²) in [6, 6.07) is 6.33. The van der Waals surface area contributed by atoms with Gasteiger partial charge in [-0.3, -0.25) is 4.55 Å². The molecule has 1 aromatic carbocycles. The summed E-state index contributed by atoms with van der Waals surface area (Å²) in [5, 5.41) is 0. The standard InChI is InChI=1S/C17H35BrN2O5S.C7H8O3S/c1-16(2)13-15(14-17(3,4)19(16)18)20(5,6)7-8-24-9-10-25-11-12-26(21,22)23;1-6-2-4-7(5-3-6)11(8,9)10/h15H,7-14H2,1-6H3;2-5H,1H3,(H,8,9,10). The van der Waals surface area contributed by atoms with Gasteiger partial charge in [-0.05, 0) is 46.8 Å². The van der Waals surface area contributed by atoms with Gasteiger partial charge in [0.2, 0.25) is 0 Å². The van der Waals surface area contributed by atoms with Crippen molar-refractivity contribution in [1.29, 1.82) is 0 Å². The number of hydrogen-bond acceptors (Lipinski definition) is 8. The summed E-state index contributed by atoms with van der Waals surface area (Å²) < 4.78 is 74.9. The van der Waals surface area contributed by atoms with Crippen LogP contribution >= 0.6 is 16.1 Å². The van der Waals surface area contributed by atoms with E-state index >= 15 is 0 Å². The van der Waals surface area contributed by atoms with E-state index in [9.17, 15) is 21.4 Å². The number of rotatable bonds is 11. The summed E-state index contributed by atoms with van der Waals surface area (Å²) in [7, 11) is -3.71. The number of likely N-dealkylation sites (N-methyl/N-ethyl adjacent to an activating group) is 1. The molecule has 0 aliphatic carbocycles. The van der Waals surface area contributed by atoms with Gasteiger partial charge in [0.25, 0.3) is 10.1 Å². The molecule has 0 amide bonds. The molecule has 1 aliphatic rings. The molecule has 1 aromatic rings. The third-order valence-electron chi connectivity index (χ3n) is 6.50. The molecule has 0 unspecified atom stereocenters. The quantitative estimate of drug-likeness (QED) is 0.169. The molecule has 0 radical (unpaired) electrons. The van der Waals surface area contributed by atoms with E-state index in [-0.39, 0.29) is 28.3 Å². The zero-order valence-electron chi connectivity index (χ0n) is 22.9. The number of nitrogens with zero attached hydrogens (tertiary/aromatic N) is 2. The lowest BCUT2D eigenvalue weighted by Gasteiger charge is -2.55. The van der Waals surface area contributed by atoms with Crippen LogP contribution in [0.25, 0.3) is 0 Å². The van der Waals surface area contributed by atoms with Gasteiger partial charge in [-0.15, -0.1) is 0 Å². The average Bonchev–Trinajstić information content (AvgIpc) is 2.72. The Morgan fingerprint density at radius 2 is 1.43 bits per heavy atom. The zero-order valence-corrected chi connectivity index (χ0v) is 26.2. The molecule has 0 aromatic heterocycles. The molecule has 1 fully saturated rings. The summed E-state index contributed by atoms with van der Waals surface area (Å²) in [4.78, 5) is -0.178. The van der Waals surface area contributed by atoms with E-state index < -0.39 is 20.2 Å². The fourth-order valence-corrected chi connectivity index (χ4v) is 5.46. The van der Waals surface area contributed by atoms with Crippen molar-refractivity contribution in [3.05, 3.63) is 29.8 Å². The van der Waals surface area contributed by atoms with Crippen molar-refractivity contribution in [3.63, 3.8) is 0 Å². The van der Waals surface area contributed by atoms with Crippen molar-refractivity contribution in [1.82, 2.24) is 3.93 Å². The van der Waals surface area contributed by atoms with Gasteiger partial charge in [0.15, 0.2) is 0 Å². The summed E-state index contributed by atoms with van der Waals surface area (Å²) in [5.74, 6) is -0.380. The molecule has 1 aliphatic heterocycles. The number of halogens is 1. The molecule has 2 rings (SSSR count). The first-order chi connectivity index (χ1) is 16.7. The minimum Gasteiger partial charge on any atom is -0.744 e. The Balaban J connectivity index is 0.000000516.